The second kappa shape index (κ2) is 8.92. The fraction of sp³-hybridized carbons (Fsp3) is 0.667. The van der Waals surface area contributed by atoms with Gasteiger partial charge in [0.15, 0.2) is 5.03 Å². The van der Waals surface area contributed by atoms with Crippen molar-refractivity contribution < 1.29 is 18.3 Å². The van der Waals surface area contributed by atoms with E-state index in [-0.39, 0.29) is 23.9 Å². The Balaban J connectivity index is 2.46. The molecule has 2 heterocycles. The molecule has 1 aliphatic heterocycles. The largest absolute Gasteiger partial charge is 0.390 e. The molecule has 0 spiro atoms. The molecule has 146 valence electrons. The first-order valence-corrected chi connectivity index (χ1v) is 10.6. The summed E-state index contributed by atoms with van der Waals surface area (Å²) >= 11 is 0. The normalized spacial score (nSPS) is 22.5. The summed E-state index contributed by atoms with van der Waals surface area (Å²) in [6.45, 7) is 6.52. The van der Waals surface area contributed by atoms with Crippen LogP contribution < -0.4 is 5.32 Å². The maximum absolute atomic E-state index is 13.3. The topological polar surface area (TPSA) is 99.6 Å². The molecule has 2 N–H and O–H groups in total. The third-order valence-electron chi connectivity index (χ3n) is 4.80. The van der Waals surface area contributed by atoms with Crippen molar-refractivity contribution in [3.05, 3.63) is 23.9 Å². The van der Waals surface area contributed by atoms with Crippen LogP contribution in [0.2, 0.25) is 0 Å². The van der Waals surface area contributed by atoms with Gasteiger partial charge in [-0.15, -0.1) is 0 Å². The van der Waals surface area contributed by atoms with Gasteiger partial charge in [0.25, 0.3) is 10.0 Å². The van der Waals surface area contributed by atoms with Gasteiger partial charge in [-0.3, -0.25) is 4.79 Å². The lowest BCUT2D eigenvalue weighted by molar-refractivity contribution is -0.130. The van der Waals surface area contributed by atoms with Crippen molar-refractivity contribution in [3.8, 4) is 0 Å². The third-order valence-corrected chi connectivity index (χ3v) is 6.55. The summed E-state index contributed by atoms with van der Waals surface area (Å²) in [5.41, 5.74) is 0.559. The Morgan fingerprint density at radius 2 is 2.19 bits per heavy atom. The van der Waals surface area contributed by atoms with Crippen LogP contribution in [0.5, 0.6) is 0 Å². The minimum absolute atomic E-state index is 0.0618. The molecule has 0 radical (unpaired) electrons. The summed E-state index contributed by atoms with van der Waals surface area (Å²) in [6.07, 6.45) is 1.06. The summed E-state index contributed by atoms with van der Waals surface area (Å²) in [6, 6.07) is 3.92. The predicted molar refractivity (Wildman–Crippen MR) is 99.0 cm³/mol. The molecular formula is C18H29N3O4S. The zero-order chi connectivity index (χ0) is 19.3. The van der Waals surface area contributed by atoms with Crippen LogP contribution in [-0.2, 0) is 14.8 Å². The second-order valence-electron chi connectivity index (χ2n) is 7.01. The zero-order valence-corrected chi connectivity index (χ0v) is 16.5. The molecule has 1 aromatic heterocycles. The minimum atomic E-state index is -4.14. The van der Waals surface area contributed by atoms with Gasteiger partial charge >= 0.3 is 0 Å². The molecule has 3 atom stereocenters. The number of hydrogen-bond donors (Lipinski definition) is 2. The van der Waals surface area contributed by atoms with Crippen LogP contribution in [0.1, 0.15) is 45.2 Å². The smallest absolute Gasteiger partial charge is 0.284 e. The van der Waals surface area contributed by atoms with Crippen LogP contribution in [0, 0.1) is 12.8 Å². The van der Waals surface area contributed by atoms with Gasteiger partial charge in [0.05, 0.1) is 12.1 Å². The van der Waals surface area contributed by atoms with E-state index in [0.717, 1.165) is 10.7 Å². The number of nitrogens with zero attached hydrogens (tertiary/aromatic N) is 2. The number of aryl methyl sites for hydroxylation is 1. The van der Waals surface area contributed by atoms with E-state index in [1.54, 1.807) is 19.1 Å². The Morgan fingerprint density at radius 1 is 1.46 bits per heavy atom. The maximum atomic E-state index is 13.3. The van der Waals surface area contributed by atoms with E-state index in [0.29, 0.717) is 25.1 Å². The maximum Gasteiger partial charge on any atom is 0.284 e. The Kier molecular flexibility index (Phi) is 7.14. The van der Waals surface area contributed by atoms with E-state index in [2.05, 4.69) is 10.3 Å². The summed E-state index contributed by atoms with van der Waals surface area (Å²) < 4.78 is 27.4. The highest BCUT2D eigenvalue weighted by molar-refractivity contribution is 7.89. The van der Waals surface area contributed by atoms with Gasteiger partial charge in [-0.05, 0) is 44.4 Å². The number of sulfonamides is 1. The first-order valence-electron chi connectivity index (χ1n) is 9.17. The van der Waals surface area contributed by atoms with Crippen LogP contribution in [-0.4, -0.2) is 54.0 Å². The van der Waals surface area contributed by atoms with E-state index in [1.165, 1.54) is 6.07 Å². The van der Waals surface area contributed by atoms with Gasteiger partial charge in [0.1, 0.15) is 0 Å². The molecule has 1 saturated heterocycles. The van der Waals surface area contributed by atoms with E-state index in [1.807, 2.05) is 13.8 Å². The SMILES string of the molecule is CC[C@H](C)CC(=O)N(C1CCCNCC1O)S(=O)(=O)c1cccc(C)n1. The molecule has 0 bridgehead atoms. The van der Waals surface area contributed by atoms with Crippen molar-refractivity contribution in [1.82, 2.24) is 14.6 Å². The number of pyridine rings is 1. The second-order valence-corrected chi connectivity index (χ2v) is 8.77. The molecule has 0 aliphatic carbocycles. The van der Waals surface area contributed by atoms with Crippen LogP contribution >= 0.6 is 0 Å². The zero-order valence-electron chi connectivity index (χ0n) is 15.7. The number of nitrogens with one attached hydrogen (secondary N) is 1. The Hall–Kier alpha value is -1.51. The number of carbonyl (C=O) groups excluding carboxylic acids is 1. The van der Waals surface area contributed by atoms with Gasteiger partial charge in [0.2, 0.25) is 5.91 Å². The molecule has 1 fully saturated rings. The summed E-state index contributed by atoms with van der Waals surface area (Å²) in [5.74, 6) is -0.416. The lowest BCUT2D eigenvalue weighted by Gasteiger charge is -2.33. The molecule has 0 aromatic carbocycles. The quantitative estimate of drug-likeness (QED) is 0.771. The van der Waals surface area contributed by atoms with Crippen molar-refractivity contribution in [2.24, 2.45) is 5.92 Å². The Bertz CT molecular complexity index is 723. The number of amides is 1. The van der Waals surface area contributed by atoms with Crippen LogP contribution in [0.25, 0.3) is 0 Å². The van der Waals surface area contributed by atoms with Gasteiger partial charge in [-0.25, -0.2) is 9.29 Å². The lowest BCUT2D eigenvalue weighted by atomic mass is 10.0. The predicted octanol–water partition coefficient (Wildman–Crippen LogP) is 1.46. The number of β-amino-alcohol motifs (C(OH)–C–C–N with tert-alkyl or cyclic N) is 1. The van der Waals surface area contributed by atoms with Crippen LogP contribution in [0.3, 0.4) is 0 Å². The fourth-order valence-corrected chi connectivity index (χ4v) is 4.74. The standard InChI is InChI=1S/C18H29N3O4S/c1-4-13(2)11-18(23)21(15-8-6-10-19-12-16(15)22)26(24,25)17-9-5-7-14(3)20-17/h5,7,9,13,15-16,19,22H,4,6,8,10-12H2,1-3H3/t13-,15?,16?/m0/s1. The summed E-state index contributed by atoms with van der Waals surface area (Å²) in [5, 5.41) is 13.4. The van der Waals surface area contributed by atoms with Crippen LogP contribution in [0.4, 0.5) is 0 Å². The Morgan fingerprint density at radius 3 is 2.85 bits per heavy atom. The number of hydrogen-bond acceptors (Lipinski definition) is 6. The highest BCUT2D eigenvalue weighted by Gasteiger charge is 2.40. The number of aliphatic hydroxyl groups excluding tert-OH is 1. The fourth-order valence-electron chi connectivity index (χ4n) is 3.08. The van der Waals surface area contributed by atoms with Crippen molar-refractivity contribution in [2.45, 2.75) is 63.6 Å². The van der Waals surface area contributed by atoms with Gasteiger partial charge in [-0.2, -0.15) is 8.42 Å². The van der Waals surface area contributed by atoms with Crippen molar-refractivity contribution in [1.29, 1.82) is 0 Å². The highest BCUT2D eigenvalue weighted by atomic mass is 32.2. The summed E-state index contributed by atoms with van der Waals surface area (Å²) in [4.78, 5) is 17.1. The molecule has 1 amide bonds. The van der Waals surface area contributed by atoms with Crippen molar-refractivity contribution >= 4 is 15.9 Å². The number of aliphatic hydroxyl groups is 1. The van der Waals surface area contributed by atoms with E-state index < -0.39 is 28.1 Å². The minimum Gasteiger partial charge on any atom is -0.390 e. The molecule has 8 heteroatoms. The molecule has 0 saturated carbocycles. The van der Waals surface area contributed by atoms with Crippen molar-refractivity contribution in [3.63, 3.8) is 0 Å². The lowest BCUT2D eigenvalue weighted by Crippen LogP contribution is -2.52. The molecular weight excluding hydrogens is 354 g/mol. The average molecular weight is 384 g/mol. The van der Waals surface area contributed by atoms with Gasteiger partial charge < -0.3 is 10.4 Å². The monoisotopic (exact) mass is 383 g/mol. The van der Waals surface area contributed by atoms with Crippen LogP contribution in [0.15, 0.2) is 23.2 Å². The molecule has 2 unspecified atom stereocenters. The highest BCUT2D eigenvalue weighted by Crippen LogP contribution is 2.25. The van der Waals surface area contributed by atoms with Crippen molar-refractivity contribution in [2.75, 3.05) is 13.1 Å². The van der Waals surface area contributed by atoms with E-state index >= 15 is 0 Å². The molecule has 2 rings (SSSR count). The first-order chi connectivity index (χ1) is 12.3. The number of carbonyl (C=O) groups is 1. The van der Waals surface area contributed by atoms with Gasteiger partial charge in [0, 0.05) is 18.7 Å². The summed E-state index contributed by atoms with van der Waals surface area (Å²) in [7, 11) is -4.14. The first kappa shape index (κ1) is 20.8. The molecule has 7 nitrogen and oxygen atoms in total. The number of aromatic nitrogens is 1. The average Bonchev–Trinajstić information content (AvgIpc) is 2.79. The van der Waals surface area contributed by atoms with E-state index in [4.69, 9.17) is 0 Å². The third kappa shape index (κ3) is 4.81. The molecule has 26 heavy (non-hydrogen) atoms. The Labute approximate surface area is 155 Å². The molecule has 1 aliphatic rings. The van der Waals surface area contributed by atoms with E-state index in [9.17, 15) is 18.3 Å². The van der Waals surface area contributed by atoms with Gasteiger partial charge in [-0.1, -0.05) is 26.3 Å². The number of rotatable bonds is 6. The molecule has 1 aromatic rings.